The molecule has 0 aliphatic heterocycles. The van der Waals surface area contributed by atoms with Crippen LogP contribution in [-0.4, -0.2) is 24.6 Å². The third kappa shape index (κ3) is 5.49. The summed E-state index contributed by atoms with van der Waals surface area (Å²) in [4.78, 5) is 7.23. The molecule has 0 unspecified atom stereocenters. The Bertz CT molecular complexity index is 370. The van der Waals surface area contributed by atoms with Gasteiger partial charge in [0, 0.05) is 25.3 Å². The molecule has 1 rings (SSSR count). The number of aryl methyl sites for hydroxylation is 1. The lowest BCUT2D eigenvalue weighted by Crippen LogP contribution is -2.26. The zero-order valence-corrected chi connectivity index (χ0v) is 13.7. The molecule has 0 saturated carbocycles. The number of hydrogen-bond acceptors (Lipinski definition) is 3. The van der Waals surface area contributed by atoms with Gasteiger partial charge in [-0.2, -0.15) is 0 Å². The third-order valence-electron chi connectivity index (χ3n) is 3.35. The summed E-state index contributed by atoms with van der Waals surface area (Å²) in [6.45, 7) is 13.1. The quantitative estimate of drug-likeness (QED) is 0.660. The van der Waals surface area contributed by atoms with Crippen molar-refractivity contribution >= 4 is 5.82 Å². The topological polar surface area (TPSA) is 28.2 Å². The molecule has 0 radical (unpaired) electrons. The Labute approximate surface area is 124 Å². The van der Waals surface area contributed by atoms with Crippen molar-refractivity contribution < 1.29 is 0 Å². The van der Waals surface area contributed by atoms with E-state index in [1.807, 2.05) is 0 Å². The summed E-state index contributed by atoms with van der Waals surface area (Å²) in [5.74, 6) is 1.15. The lowest BCUT2D eigenvalue weighted by molar-refractivity contribution is 0.672. The van der Waals surface area contributed by atoms with Crippen LogP contribution < -0.4 is 10.2 Å². The monoisotopic (exact) mass is 277 g/mol. The molecule has 0 saturated heterocycles. The normalized spacial score (nSPS) is 10.8. The summed E-state index contributed by atoms with van der Waals surface area (Å²) < 4.78 is 0. The lowest BCUT2D eigenvalue weighted by atomic mass is 10.1. The molecule has 0 bridgehead atoms. The molecular formula is C17H31N3. The Morgan fingerprint density at radius 2 is 1.70 bits per heavy atom. The fraction of sp³-hybridized carbons (Fsp3) is 0.706. The van der Waals surface area contributed by atoms with Crippen molar-refractivity contribution in [2.75, 3.05) is 24.5 Å². The van der Waals surface area contributed by atoms with Crippen LogP contribution in [0.15, 0.2) is 12.1 Å². The molecule has 0 aromatic carbocycles. The molecule has 3 nitrogen and oxygen atoms in total. The second-order valence-corrected chi connectivity index (χ2v) is 5.34. The molecule has 0 aliphatic carbocycles. The number of hydrogen-bond donors (Lipinski definition) is 1. The number of nitrogens with zero attached hydrogens (tertiary/aromatic N) is 2. The summed E-state index contributed by atoms with van der Waals surface area (Å²) in [5, 5.41) is 3.49. The van der Waals surface area contributed by atoms with E-state index >= 15 is 0 Å². The van der Waals surface area contributed by atoms with Gasteiger partial charge in [0.25, 0.3) is 0 Å². The van der Waals surface area contributed by atoms with Crippen LogP contribution in [0.25, 0.3) is 0 Å². The van der Waals surface area contributed by atoms with Gasteiger partial charge in [0.1, 0.15) is 5.82 Å². The van der Waals surface area contributed by atoms with Crippen molar-refractivity contribution in [1.82, 2.24) is 10.3 Å². The SMILES string of the molecule is CCCNCc1cc(CC)nc(N(CCC)CCC)c1. The molecule has 114 valence electrons. The van der Waals surface area contributed by atoms with E-state index in [2.05, 4.69) is 50.0 Å². The molecule has 3 heteroatoms. The van der Waals surface area contributed by atoms with Gasteiger partial charge in [-0.25, -0.2) is 4.98 Å². The van der Waals surface area contributed by atoms with Crippen LogP contribution in [0.1, 0.15) is 58.2 Å². The molecule has 1 N–H and O–H groups in total. The first-order valence-electron chi connectivity index (χ1n) is 8.20. The number of pyridine rings is 1. The maximum Gasteiger partial charge on any atom is 0.129 e. The van der Waals surface area contributed by atoms with E-state index in [0.29, 0.717) is 0 Å². The standard InChI is InChI=1S/C17H31N3/c1-5-9-18-14-15-12-16(8-4)19-17(13-15)20(10-6-2)11-7-3/h12-13,18H,5-11,14H2,1-4H3. The summed E-state index contributed by atoms with van der Waals surface area (Å²) in [6.07, 6.45) is 4.51. The zero-order valence-electron chi connectivity index (χ0n) is 13.7. The van der Waals surface area contributed by atoms with Crippen LogP contribution in [0, 0.1) is 0 Å². The number of rotatable bonds is 10. The Balaban J connectivity index is 2.89. The summed E-state index contributed by atoms with van der Waals surface area (Å²) in [6, 6.07) is 4.50. The molecule has 0 atom stereocenters. The van der Waals surface area contributed by atoms with Crippen molar-refractivity contribution in [2.45, 2.75) is 59.9 Å². The highest BCUT2D eigenvalue weighted by Gasteiger charge is 2.09. The van der Waals surface area contributed by atoms with Crippen LogP contribution >= 0.6 is 0 Å². The van der Waals surface area contributed by atoms with Crippen LogP contribution in [0.3, 0.4) is 0 Å². The van der Waals surface area contributed by atoms with E-state index in [-0.39, 0.29) is 0 Å². The minimum Gasteiger partial charge on any atom is -0.357 e. The average molecular weight is 277 g/mol. The molecular weight excluding hydrogens is 246 g/mol. The summed E-state index contributed by atoms with van der Waals surface area (Å²) in [5.41, 5.74) is 2.56. The summed E-state index contributed by atoms with van der Waals surface area (Å²) >= 11 is 0. The minimum atomic E-state index is 0.947. The highest BCUT2D eigenvalue weighted by molar-refractivity contribution is 5.42. The molecule has 1 aromatic heterocycles. The van der Waals surface area contributed by atoms with Gasteiger partial charge in [0.05, 0.1) is 0 Å². The van der Waals surface area contributed by atoms with E-state index in [1.54, 1.807) is 0 Å². The fourth-order valence-electron chi connectivity index (χ4n) is 2.37. The van der Waals surface area contributed by atoms with Gasteiger partial charge in [-0.1, -0.05) is 27.7 Å². The highest BCUT2D eigenvalue weighted by Crippen LogP contribution is 2.17. The Hall–Kier alpha value is -1.09. The van der Waals surface area contributed by atoms with E-state index in [1.165, 1.54) is 30.5 Å². The van der Waals surface area contributed by atoms with Gasteiger partial charge in [-0.15, -0.1) is 0 Å². The molecule has 0 fully saturated rings. The fourth-order valence-corrected chi connectivity index (χ4v) is 2.37. The largest absolute Gasteiger partial charge is 0.357 e. The number of nitrogens with one attached hydrogen (secondary N) is 1. The van der Waals surface area contributed by atoms with Crippen LogP contribution in [0.4, 0.5) is 5.82 Å². The summed E-state index contributed by atoms with van der Waals surface area (Å²) in [7, 11) is 0. The molecule has 0 aliphatic rings. The highest BCUT2D eigenvalue weighted by atomic mass is 15.2. The Morgan fingerprint density at radius 1 is 1.00 bits per heavy atom. The molecule has 1 aromatic rings. The third-order valence-corrected chi connectivity index (χ3v) is 3.35. The van der Waals surface area contributed by atoms with Gasteiger partial charge in [-0.05, 0) is 49.9 Å². The molecule has 0 spiro atoms. The minimum absolute atomic E-state index is 0.947. The maximum absolute atomic E-state index is 4.82. The van der Waals surface area contributed by atoms with Crippen molar-refractivity contribution in [3.8, 4) is 0 Å². The van der Waals surface area contributed by atoms with E-state index in [4.69, 9.17) is 4.98 Å². The van der Waals surface area contributed by atoms with Crippen molar-refractivity contribution in [3.05, 3.63) is 23.4 Å². The second-order valence-electron chi connectivity index (χ2n) is 5.34. The predicted molar refractivity (Wildman–Crippen MR) is 88.4 cm³/mol. The molecule has 0 amide bonds. The molecule has 1 heterocycles. The van der Waals surface area contributed by atoms with Crippen molar-refractivity contribution in [1.29, 1.82) is 0 Å². The number of anilines is 1. The maximum atomic E-state index is 4.82. The van der Waals surface area contributed by atoms with Crippen LogP contribution in [-0.2, 0) is 13.0 Å². The van der Waals surface area contributed by atoms with Crippen LogP contribution in [0.5, 0.6) is 0 Å². The lowest BCUT2D eigenvalue weighted by Gasteiger charge is -2.24. The van der Waals surface area contributed by atoms with Gasteiger partial charge in [0.2, 0.25) is 0 Å². The Kier molecular flexibility index (Phi) is 8.28. The Morgan fingerprint density at radius 3 is 2.25 bits per heavy atom. The van der Waals surface area contributed by atoms with Gasteiger partial charge >= 0.3 is 0 Å². The van der Waals surface area contributed by atoms with E-state index < -0.39 is 0 Å². The van der Waals surface area contributed by atoms with Crippen LogP contribution in [0.2, 0.25) is 0 Å². The average Bonchev–Trinajstić information content (AvgIpc) is 2.47. The smallest absolute Gasteiger partial charge is 0.129 e. The van der Waals surface area contributed by atoms with Crippen molar-refractivity contribution in [3.63, 3.8) is 0 Å². The first-order valence-corrected chi connectivity index (χ1v) is 8.20. The van der Waals surface area contributed by atoms with E-state index in [0.717, 1.165) is 38.4 Å². The first kappa shape index (κ1) is 17.0. The zero-order chi connectivity index (χ0) is 14.8. The van der Waals surface area contributed by atoms with Gasteiger partial charge in [0.15, 0.2) is 0 Å². The predicted octanol–water partition coefficient (Wildman–Crippen LogP) is 3.77. The second kappa shape index (κ2) is 9.76. The van der Waals surface area contributed by atoms with Gasteiger partial charge < -0.3 is 10.2 Å². The van der Waals surface area contributed by atoms with Crippen molar-refractivity contribution in [2.24, 2.45) is 0 Å². The number of aromatic nitrogens is 1. The van der Waals surface area contributed by atoms with E-state index in [9.17, 15) is 0 Å². The molecule has 20 heavy (non-hydrogen) atoms. The first-order chi connectivity index (χ1) is 9.74. The van der Waals surface area contributed by atoms with Gasteiger partial charge in [-0.3, -0.25) is 0 Å².